The van der Waals surface area contributed by atoms with Crippen molar-refractivity contribution in [3.8, 4) is 11.5 Å². The Balaban J connectivity index is 2.50. The Morgan fingerprint density at radius 2 is 2.10 bits per heavy atom. The Bertz CT molecular complexity index is 518. The fourth-order valence-corrected chi connectivity index (χ4v) is 2.90. The maximum atomic E-state index is 10.9. The summed E-state index contributed by atoms with van der Waals surface area (Å²) in [7, 11) is 0. The molecule has 1 heterocycles. The highest BCUT2D eigenvalue weighted by Gasteiger charge is 2.24. The fourth-order valence-electron chi connectivity index (χ4n) is 2.35. The summed E-state index contributed by atoms with van der Waals surface area (Å²) in [6.07, 6.45) is 1.42. The normalized spacial score (nSPS) is 15.6. The van der Waals surface area contributed by atoms with E-state index < -0.39 is 12.0 Å². The molecule has 6 heteroatoms. The number of hydrogen-bond donors (Lipinski definition) is 2. The zero-order valence-electron chi connectivity index (χ0n) is 11.3. The second-order valence-corrected chi connectivity index (χ2v) is 5.55. The van der Waals surface area contributed by atoms with Crippen LogP contribution in [0.4, 0.5) is 0 Å². The van der Waals surface area contributed by atoms with Gasteiger partial charge in [-0.25, -0.2) is 0 Å². The third kappa shape index (κ3) is 3.07. The van der Waals surface area contributed by atoms with Crippen LogP contribution in [-0.2, 0) is 11.2 Å². The van der Waals surface area contributed by atoms with E-state index in [2.05, 4.69) is 15.9 Å². The lowest BCUT2D eigenvalue weighted by molar-refractivity contribution is -0.137. The van der Waals surface area contributed by atoms with Gasteiger partial charge < -0.3 is 20.3 Å². The van der Waals surface area contributed by atoms with Crippen molar-refractivity contribution >= 4 is 21.9 Å². The number of carbonyl (C=O) groups is 1. The molecule has 0 aliphatic carbocycles. The molecule has 0 radical (unpaired) electrons. The van der Waals surface area contributed by atoms with Crippen LogP contribution >= 0.6 is 15.9 Å². The highest BCUT2D eigenvalue weighted by atomic mass is 79.9. The molecule has 1 aliphatic rings. The highest BCUT2D eigenvalue weighted by Crippen LogP contribution is 2.43. The van der Waals surface area contributed by atoms with E-state index in [4.69, 9.17) is 20.3 Å². The smallest absolute Gasteiger partial charge is 0.305 e. The quantitative estimate of drug-likeness (QED) is 0.878. The molecule has 0 spiro atoms. The van der Waals surface area contributed by atoms with Crippen LogP contribution in [-0.4, -0.2) is 24.3 Å². The van der Waals surface area contributed by atoms with Crippen LogP contribution in [0.15, 0.2) is 10.5 Å². The number of carboxylic acid groups (broad SMARTS) is 1. The average Bonchev–Trinajstić information content (AvgIpc) is 2.63. The van der Waals surface area contributed by atoms with Gasteiger partial charge >= 0.3 is 5.97 Å². The Morgan fingerprint density at radius 1 is 1.45 bits per heavy atom. The SMILES string of the molecule is CCc1c(C(N)CC(=O)O)cc(Br)c2c1OCCCO2. The van der Waals surface area contributed by atoms with Gasteiger partial charge in [-0.2, -0.15) is 0 Å². The molecule has 5 nitrogen and oxygen atoms in total. The number of benzene rings is 1. The molecule has 3 N–H and O–H groups in total. The molecule has 0 aromatic heterocycles. The molecule has 1 aromatic rings. The van der Waals surface area contributed by atoms with E-state index in [-0.39, 0.29) is 6.42 Å². The van der Waals surface area contributed by atoms with Crippen LogP contribution in [0.2, 0.25) is 0 Å². The lowest BCUT2D eigenvalue weighted by Gasteiger charge is -2.20. The van der Waals surface area contributed by atoms with Gasteiger partial charge in [0.1, 0.15) is 0 Å². The zero-order valence-corrected chi connectivity index (χ0v) is 12.9. The monoisotopic (exact) mass is 343 g/mol. The van der Waals surface area contributed by atoms with Crippen LogP contribution in [0.3, 0.4) is 0 Å². The molecule has 0 saturated carbocycles. The van der Waals surface area contributed by atoms with Crippen LogP contribution in [0, 0.1) is 0 Å². The topological polar surface area (TPSA) is 81.8 Å². The minimum Gasteiger partial charge on any atom is -0.489 e. The number of halogens is 1. The number of ether oxygens (including phenoxy) is 2. The Kier molecular flexibility index (Phi) is 4.88. The van der Waals surface area contributed by atoms with Gasteiger partial charge in [0.25, 0.3) is 0 Å². The fraction of sp³-hybridized carbons (Fsp3) is 0.500. The maximum Gasteiger partial charge on any atom is 0.305 e. The van der Waals surface area contributed by atoms with Gasteiger partial charge in [-0.15, -0.1) is 0 Å². The third-order valence-electron chi connectivity index (χ3n) is 3.26. The van der Waals surface area contributed by atoms with E-state index >= 15 is 0 Å². The van der Waals surface area contributed by atoms with Crippen LogP contribution < -0.4 is 15.2 Å². The lowest BCUT2D eigenvalue weighted by Crippen LogP contribution is -2.17. The van der Waals surface area contributed by atoms with E-state index in [1.165, 1.54) is 0 Å². The van der Waals surface area contributed by atoms with Gasteiger partial charge in [-0.1, -0.05) is 6.92 Å². The molecular weight excluding hydrogens is 326 g/mol. The van der Waals surface area contributed by atoms with Crippen LogP contribution in [0.25, 0.3) is 0 Å². The van der Waals surface area contributed by atoms with E-state index in [0.717, 1.165) is 22.0 Å². The lowest BCUT2D eigenvalue weighted by atomic mass is 9.95. The second-order valence-electron chi connectivity index (χ2n) is 4.69. The van der Waals surface area contributed by atoms with Crippen molar-refractivity contribution in [3.63, 3.8) is 0 Å². The summed E-state index contributed by atoms with van der Waals surface area (Å²) in [6.45, 7) is 3.19. The summed E-state index contributed by atoms with van der Waals surface area (Å²) in [4.78, 5) is 10.9. The average molecular weight is 344 g/mol. The van der Waals surface area contributed by atoms with Crippen molar-refractivity contribution in [2.24, 2.45) is 5.73 Å². The predicted molar refractivity (Wildman–Crippen MR) is 78.3 cm³/mol. The first-order valence-corrected chi connectivity index (χ1v) is 7.42. The minimum absolute atomic E-state index is 0.112. The summed E-state index contributed by atoms with van der Waals surface area (Å²) >= 11 is 3.46. The van der Waals surface area contributed by atoms with Crippen molar-refractivity contribution in [1.82, 2.24) is 0 Å². The first-order valence-electron chi connectivity index (χ1n) is 6.62. The van der Waals surface area contributed by atoms with Crippen LogP contribution in [0.5, 0.6) is 11.5 Å². The summed E-state index contributed by atoms with van der Waals surface area (Å²) in [5.41, 5.74) is 7.74. The van der Waals surface area contributed by atoms with E-state index in [0.29, 0.717) is 31.1 Å². The van der Waals surface area contributed by atoms with E-state index in [9.17, 15) is 4.79 Å². The Labute approximate surface area is 126 Å². The zero-order chi connectivity index (χ0) is 14.7. The van der Waals surface area contributed by atoms with Crippen LogP contribution in [0.1, 0.15) is 36.9 Å². The van der Waals surface area contributed by atoms with E-state index in [1.54, 1.807) is 0 Å². The summed E-state index contributed by atoms with van der Waals surface area (Å²) in [5, 5.41) is 8.91. The summed E-state index contributed by atoms with van der Waals surface area (Å²) in [5.74, 6) is 0.462. The van der Waals surface area contributed by atoms with Crippen molar-refractivity contribution < 1.29 is 19.4 Å². The number of rotatable bonds is 4. The first kappa shape index (κ1) is 15.1. The van der Waals surface area contributed by atoms with Gasteiger partial charge in [-0.3, -0.25) is 4.79 Å². The standard InChI is InChI=1S/C14H18BrNO4/c1-2-8-9(11(16)7-12(17)18)6-10(15)14-13(8)19-4-3-5-20-14/h6,11H,2-5,7,16H2,1H3,(H,17,18). The molecule has 1 unspecified atom stereocenters. The first-order chi connectivity index (χ1) is 9.54. The molecule has 0 amide bonds. The van der Waals surface area contributed by atoms with Crippen molar-refractivity contribution in [1.29, 1.82) is 0 Å². The number of aliphatic carboxylic acids is 1. The van der Waals surface area contributed by atoms with Gasteiger partial charge in [0, 0.05) is 18.0 Å². The molecular formula is C14H18BrNO4. The minimum atomic E-state index is -0.914. The van der Waals surface area contributed by atoms with E-state index in [1.807, 2.05) is 13.0 Å². The molecule has 0 fully saturated rings. The summed E-state index contributed by atoms with van der Waals surface area (Å²) < 4.78 is 12.2. The van der Waals surface area contributed by atoms with Gasteiger partial charge in [0.2, 0.25) is 0 Å². The van der Waals surface area contributed by atoms with Gasteiger partial charge in [0.15, 0.2) is 11.5 Å². The largest absolute Gasteiger partial charge is 0.489 e. The third-order valence-corrected chi connectivity index (χ3v) is 3.85. The highest BCUT2D eigenvalue weighted by molar-refractivity contribution is 9.10. The molecule has 0 bridgehead atoms. The molecule has 1 aliphatic heterocycles. The number of nitrogens with two attached hydrogens (primary N) is 1. The van der Waals surface area contributed by atoms with Gasteiger partial charge in [-0.05, 0) is 34.0 Å². The number of fused-ring (bicyclic) bond motifs is 1. The maximum absolute atomic E-state index is 10.9. The second kappa shape index (κ2) is 6.45. The van der Waals surface area contributed by atoms with Crippen molar-refractivity contribution in [2.45, 2.75) is 32.2 Å². The number of hydrogen-bond acceptors (Lipinski definition) is 4. The summed E-state index contributed by atoms with van der Waals surface area (Å²) in [6, 6.07) is 1.29. The molecule has 1 atom stereocenters. The predicted octanol–water partition coefficient (Wildman–Crippen LogP) is 2.65. The Hall–Kier alpha value is -1.27. The van der Waals surface area contributed by atoms with Gasteiger partial charge in [0.05, 0.1) is 24.1 Å². The van der Waals surface area contributed by atoms with Crippen molar-refractivity contribution in [2.75, 3.05) is 13.2 Å². The molecule has 20 heavy (non-hydrogen) atoms. The molecule has 2 rings (SSSR count). The Morgan fingerprint density at radius 3 is 2.70 bits per heavy atom. The molecule has 1 aromatic carbocycles. The van der Waals surface area contributed by atoms with Crippen molar-refractivity contribution in [3.05, 3.63) is 21.7 Å². The molecule has 110 valence electrons. The molecule has 0 saturated heterocycles. The number of carboxylic acids is 1.